The first-order chi connectivity index (χ1) is 13.9. The molecule has 2 heterocycles. The van der Waals surface area contributed by atoms with Gasteiger partial charge in [-0.1, -0.05) is 49.2 Å². The number of carbonyl (C=O) groups excluding carboxylic acids is 1. The molecule has 8 heteroatoms. The summed E-state index contributed by atoms with van der Waals surface area (Å²) in [6.45, 7) is 5.18. The summed E-state index contributed by atoms with van der Waals surface area (Å²) >= 11 is 15.8. The molecule has 1 aromatic carbocycles. The zero-order chi connectivity index (χ0) is 21.1. The van der Waals surface area contributed by atoms with Gasteiger partial charge in [0, 0.05) is 29.9 Å². The van der Waals surface area contributed by atoms with E-state index in [4.69, 9.17) is 28.2 Å². The monoisotopic (exact) mass is 497 g/mol. The molecular weight excluding hydrogens is 477 g/mol. The van der Waals surface area contributed by atoms with Crippen LogP contribution < -0.4 is 0 Å². The fourth-order valence-corrected chi connectivity index (χ4v) is 4.32. The highest BCUT2D eigenvalue weighted by Gasteiger charge is 2.30. The Labute approximate surface area is 188 Å². The number of halogens is 3. The number of imidazole rings is 1. The van der Waals surface area contributed by atoms with E-state index in [9.17, 15) is 9.90 Å². The van der Waals surface area contributed by atoms with Crippen molar-refractivity contribution in [2.45, 2.75) is 32.8 Å². The number of fused-ring (bicyclic) bond motifs is 1. The van der Waals surface area contributed by atoms with Gasteiger partial charge in [0.25, 0.3) is 5.91 Å². The Morgan fingerprint density at radius 1 is 1.17 bits per heavy atom. The average Bonchev–Trinajstić information content (AvgIpc) is 3.07. The lowest BCUT2D eigenvalue weighted by atomic mass is 10.1. The second-order valence-electron chi connectivity index (χ2n) is 6.78. The average molecular weight is 499 g/mol. The van der Waals surface area contributed by atoms with E-state index < -0.39 is 6.10 Å². The first-order valence-corrected chi connectivity index (χ1v) is 11.0. The summed E-state index contributed by atoms with van der Waals surface area (Å²) in [6, 6.07) is 8.86. The van der Waals surface area contributed by atoms with Gasteiger partial charge in [-0.15, -0.1) is 0 Å². The zero-order valence-electron chi connectivity index (χ0n) is 16.2. The Balaban J connectivity index is 2.19. The summed E-state index contributed by atoms with van der Waals surface area (Å²) in [5.41, 5.74) is 2.21. The maximum atomic E-state index is 13.1. The number of pyridine rings is 1. The van der Waals surface area contributed by atoms with E-state index in [1.807, 2.05) is 26.0 Å². The van der Waals surface area contributed by atoms with Crippen molar-refractivity contribution in [3.05, 3.63) is 56.7 Å². The molecule has 2 aromatic heterocycles. The minimum absolute atomic E-state index is 0.346. The van der Waals surface area contributed by atoms with Crippen molar-refractivity contribution >= 4 is 50.7 Å². The third kappa shape index (κ3) is 4.61. The van der Waals surface area contributed by atoms with E-state index in [-0.39, 0.29) is 5.91 Å². The number of aliphatic hydroxyl groups is 1. The van der Waals surface area contributed by atoms with Crippen LogP contribution in [0, 0.1) is 0 Å². The highest BCUT2D eigenvalue weighted by Crippen LogP contribution is 2.34. The number of aromatic nitrogens is 2. The number of aliphatic hydroxyl groups excluding tert-OH is 1. The zero-order valence-corrected chi connectivity index (χ0v) is 19.3. The van der Waals surface area contributed by atoms with Gasteiger partial charge in [-0.05, 0) is 47.0 Å². The summed E-state index contributed by atoms with van der Waals surface area (Å²) in [7, 11) is 0. The lowest BCUT2D eigenvalue weighted by Gasteiger charge is -2.24. The van der Waals surface area contributed by atoms with Crippen molar-refractivity contribution in [2.24, 2.45) is 0 Å². The Morgan fingerprint density at radius 3 is 2.38 bits per heavy atom. The van der Waals surface area contributed by atoms with Crippen molar-refractivity contribution in [1.82, 2.24) is 14.3 Å². The Hall–Kier alpha value is -1.60. The van der Waals surface area contributed by atoms with Gasteiger partial charge >= 0.3 is 0 Å². The first-order valence-electron chi connectivity index (χ1n) is 9.47. The Kier molecular flexibility index (Phi) is 7.22. The standard InChI is InChI=1S/C21H22BrCl2N3O2/c1-3-9-26(10-4-2)21(29)19(28)18-17(13-5-7-14(23)8-6-13)25-20-16(22)11-15(24)12-27(18)20/h5-8,11-12,19,28H,3-4,9-10H2,1-2H3. The van der Waals surface area contributed by atoms with Crippen LogP contribution >= 0.6 is 39.1 Å². The molecule has 0 saturated carbocycles. The van der Waals surface area contributed by atoms with Gasteiger partial charge in [-0.3, -0.25) is 9.20 Å². The molecule has 29 heavy (non-hydrogen) atoms. The third-order valence-electron chi connectivity index (χ3n) is 4.59. The van der Waals surface area contributed by atoms with Crippen molar-refractivity contribution in [3.8, 4) is 11.3 Å². The molecule has 1 unspecified atom stereocenters. The molecule has 0 aliphatic heterocycles. The minimum atomic E-state index is -1.38. The van der Waals surface area contributed by atoms with Crippen LogP contribution in [-0.4, -0.2) is 38.4 Å². The van der Waals surface area contributed by atoms with Crippen LogP contribution in [0.25, 0.3) is 16.9 Å². The van der Waals surface area contributed by atoms with E-state index in [1.54, 1.807) is 33.7 Å². The van der Waals surface area contributed by atoms with E-state index in [2.05, 4.69) is 15.9 Å². The van der Waals surface area contributed by atoms with Gasteiger partial charge in [-0.2, -0.15) is 0 Å². The van der Waals surface area contributed by atoms with E-state index in [0.29, 0.717) is 44.6 Å². The van der Waals surface area contributed by atoms with Gasteiger partial charge in [0.05, 0.1) is 20.9 Å². The topological polar surface area (TPSA) is 57.8 Å². The summed E-state index contributed by atoms with van der Waals surface area (Å²) in [6.07, 6.45) is 1.91. The molecular formula is C21H22BrCl2N3O2. The molecule has 0 aliphatic rings. The molecule has 154 valence electrons. The molecule has 1 amide bonds. The van der Waals surface area contributed by atoms with Crippen LogP contribution in [0.5, 0.6) is 0 Å². The van der Waals surface area contributed by atoms with Crippen LogP contribution in [0.2, 0.25) is 10.0 Å². The molecule has 3 rings (SSSR count). The summed E-state index contributed by atoms with van der Waals surface area (Å²) in [4.78, 5) is 19.5. The molecule has 0 radical (unpaired) electrons. The molecule has 5 nitrogen and oxygen atoms in total. The predicted molar refractivity (Wildman–Crippen MR) is 120 cm³/mol. The number of hydrogen-bond acceptors (Lipinski definition) is 3. The van der Waals surface area contributed by atoms with Crippen LogP contribution in [0.1, 0.15) is 38.5 Å². The second kappa shape index (κ2) is 9.47. The van der Waals surface area contributed by atoms with Gasteiger partial charge in [0.1, 0.15) is 0 Å². The number of benzene rings is 1. The molecule has 0 aliphatic carbocycles. The van der Waals surface area contributed by atoms with E-state index in [0.717, 1.165) is 18.4 Å². The van der Waals surface area contributed by atoms with Gasteiger partial charge in [0.15, 0.2) is 11.8 Å². The van der Waals surface area contributed by atoms with Crippen molar-refractivity contribution in [2.75, 3.05) is 13.1 Å². The highest BCUT2D eigenvalue weighted by atomic mass is 79.9. The fourth-order valence-electron chi connectivity index (χ4n) is 3.33. The first kappa shape index (κ1) is 22.1. The number of carbonyl (C=O) groups is 1. The molecule has 1 atom stereocenters. The summed E-state index contributed by atoms with van der Waals surface area (Å²) in [5.74, 6) is -0.346. The number of nitrogens with zero attached hydrogens (tertiary/aromatic N) is 3. The minimum Gasteiger partial charge on any atom is -0.377 e. The van der Waals surface area contributed by atoms with E-state index >= 15 is 0 Å². The predicted octanol–water partition coefficient (Wildman–Crippen LogP) is 5.75. The Bertz CT molecular complexity index is 1010. The van der Waals surface area contributed by atoms with Crippen molar-refractivity contribution in [1.29, 1.82) is 0 Å². The lowest BCUT2D eigenvalue weighted by Crippen LogP contribution is -2.36. The van der Waals surface area contributed by atoms with Crippen molar-refractivity contribution in [3.63, 3.8) is 0 Å². The number of amides is 1. The quantitative estimate of drug-likeness (QED) is 0.451. The Morgan fingerprint density at radius 2 is 1.79 bits per heavy atom. The molecule has 0 fully saturated rings. The lowest BCUT2D eigenvalue weighted by molar-refractivity contribution is -0.140. The molecule has 0 saturated heterocycles. The molecule has 3 aromatic rings. The number of rotatable bonds is 7. The molecule has 0 bridgehead atoms. The maximum Gasteiger partial charge on any atom is 0.257 e. The highest BCUT2D eigenvalue weighted by molar-refractivity contribution is 9.10. The maximum absolute atomic E-state index is 13.1. The molecule has 0 spiro atoms. The second-order valence-corrected chi connectivity index (χ2v) is 8.51. The van der Waals surface area contributed by atoms with Gasteiger partial charge in [-0.25, -0.2) is 4.98 Å². The van der Waals surface area contributed by atoms with Crippen molar-refractivity contribution < 1.29 is 9.90 Å². The van der Waals surface area contributed by atoms with Crippen LogP contribution in [0.4, 0.5) is 0 Å². The van der Waals surface area contributed by atoms with E-state index in [1.165, 1.54) is 0 Å². The smallest absolute Gasteiger partial charge is 0.257 e. The van der Waals surface area contributed by atoms with Gasteiger partial charge in [0.2, 0.25) is 0 Å². The van der Waals surface area contributed by atoms with Crippen LogP contribution in [0.3, 0.4) is 0 Å². The normalized spacial score (nSPS) is 12.3. The van der Waals surface area contributed by atoms with Crippen LogP contribution in [0.15, 0.2) is 41.0 Å². The third-order valence-corrected chi connectivity index (χ3v) is 5.63. The SMILES string of the molecule is CCCN(CCC)C(=O)C(O)c1c(-c2ccc(Cl)cc2)nc2c(Br)cc(Cl)cn12. The number of hydrogen-bond donors (Lipinski definition) is 1. The largest absolute Gasteiger partial charge is 0.377 e. The summed E-state index contributed by atoms with van der Waals surface area (Å²) < 4.78 is 2.35. The fraction of sp³-hybridized carbons (Fsp3) is 0.333. The van der Waals surface area contributed by atoms with Crippen LogP contribution in [-0.2, 0) is 4.79 Å². The summed E-state index contributed by atoms with van der Waals surface area (Å²) in [5, 5.41) is 12.2. The molecule has 1 N–H and O–H groups in total. The van der Waals surface area contributed by atoms with Gasteiger partial charge < -0.3 is 10.0 Å².